The molecule has 1 aromatic heterocycles. The number of hydrogen-bond donors (Lipinski definition) is 0. The van der Waals surface area contributed by atoms with Gasteiger partial charge in [-0.3, -0.25) is 9.59 Å². The largest absolute Gasteiger partial charge is 0.337 e. The van der Waals surface area contributed by atoms with Crippen molar-refractivity contribution in [1.29, 1.82) is 0 Å². The van der Waals surface area contributed by atoms with Crippen molar-refractivity contribution in [2.24, 2.45) is 11.8 Å². The number of hydrogen-bond acceptors (Lipinski definition) is 3. The summed E-state index contributed by atoms with van der Waals surface area (Å²) in [5.74, 6) is 0.195. The minimum Gasteiger partial charge on any atom is -0.337 e. The first kappa shape index (κ1) is 16.5. The lowest BCUT2D eigenvalue weighted by Crippen LogP contribution is -2.50. The highest BCUT2D eigenvalue weighted by Gasteiger charge is 2.43. The van der Waals surface area contributed by atoms with Crippen LogP contribution in [0.1, 0.15) is 49.1 Å². The molecule has 0 spiro atoms. The minimum absolute atomic E-state index is 0.0135. The molecule has 2 atom stereocenters. The molecule has 4 fully saturated rings. The predicted molar refractivity (Wildman–Crippen MR) is 84.9 cm³/mol. The Labute approximate surface area is 144 Å². The number of alkyl halides is 2. The first-order valence-electron chi connectivity index (χ1n) is 8.96. The molecular weight excluding hydrogens is 330 g/mol. The van der Waals surface area contributed by atoms with E-state index in [0.29, 0.717) is 23.7 Å². The van der Waals surface area contributed by atoms with Gasteiger partial charge in [-0.2, -0.15) is 13.9 Å². The van der Waals surface area contributed by atoms with Crippen molar-refractivity contribution >= 4 is 11.8 Å². The van der Waals surface area contributed by atoms with Crippen LogP contribution in [-0.4, -0.2) is 57.1 Å². The third-order valence-corrected chi connectivity index (χ3v) is 5.79. The van der Waals surface area contributed by atoms with E-state index in [-0.39, 0.29) is 29.5 Å². The molecule has 3 aliphatic heterocycles. The second-order valence-corrected chi connectivity index (χ2v) is 7.38. The molecule has 4 aliphatic rings. The Bertz CT molecular complexity index is 673. The molecular formula is C17H22F2N4O2. The van der Waals surface area contributed by atoms with Crippen LogP contribution in [0, 0.1) is 11.8 Å². The maximum absolute atomic E-state index is 12.7. The molecule has 3 saturated heterocycles. The van der Waals surface area contributed by atoms with Crippen LogP contribution >= 0.6 is 0 Å². The summed E-state index contributed by atoms with van der Waals surface area (Å²) >= 11 is 0. The summed E-state index contributed by atoms with van der Waals surface area (Å²) in [6, 6.07) is 1.35. The molecule has 8 heteroatoms. The molecule has 25 heavy (non-hydrogen) atoms. The summed E-state index contributed by atoms with van der Waals surface area (Å²) in [5.41, 5.74) is 0.0135. The van der Waals surface area contributed by atoms with Crippen LogP contribution in [0.15, 0.2) is 12.3 Å². The fourth-order valence-electron chi connectivity index (χ4n) is 4.12. The highest BCUT2D eigenvalue weighted by Crippen LogP contribution is 2.34. The summed E-state index contributed by atoms with van der Waals surface area (Å²) in [5, 5.41) is 3.67. The number of aromatic nitrogens is 2. The SMILES string of the molecule is O=C(c1ccn(C(F)F)n1)N1CC2CCC(C1)N(CC1CCC1)C2=O. The lowest BCUT2D eigenvalue weighted by Gasteiger charge is -2.40. The van der Waals surface area contributed by atoms with Gasteiger partial charge in [-0.25, -0.2) is 4.68 Å². The van der Waals surface area contributed by atoms with Crippen molar-refractivity contribution in [1.82, 2.24) is 19.6 Å². The highest BCUT2D eigenvalue weighted by atomic mass is 19.3. The van der Waals surface area contributed by atoms with Crippen LogP contribution in [0.4, 0.5) is 8.78 Å². The first-order valence-corrected chi connectivity index (χ1v) is 8.96. The maximum atomic E-state index is 12.7. The number of nitrogens with zero attached hydrogens (tertiary/aromatic N) is 4. The molecule has 1 saturated carbocycles. The van der Waals surface area contributed by atoms with Gasteiger partial charge in [-0.05, 0) is 37.7 Å². The van der Waals surface area contributed by atoms with Crippen LogP contribution < -0.4 is 0 Å². The summed E-state index contributed by atoms with van der Waals surface area (Å²) < 4.78 is 25.8. The number of carbonyl (C=O) groups is 2. The molecule has 2 amide bonds. The average molecular weight is 352 g/mol. The van der Waals surface area contributed by atoms with E-state index in [1.807, 2.05) is 4.90 Å². The molecule has 2 unspecified atom stereocenters. The van der Waals surface area contributed by atoms with Gasteiger partial charge in [0.25, 0.3) is 5.91 Å². The Kier molecular flexibility index (Phi) is 4.21. The van der Waals surface area contributed by atoms with Crippen LogP contribution in [0.25, 0.3) is 0 Å². The molecule has 1 aromatic rings. The molecule has 4 heterocycles. The van der Waals surface area contributed by atoms with Gasteiger partial charge in [0.15, 0.2) is 5.69 Å². The smallest absolute Gasteiger partial charge is 0.333 e. The van der Waals surface area contributed by atoms with Gasteiger partial charge in [0.05, 0.1) is 5.92 Å². The van der Waals surface area contributed by atoms with Crippen molar-refractivity contribution in [2.75, 3.05) is 19.6 Å². The second kappa shape index (κ2) is 6.38. The molecule has 5 rings (SSSR count). The molecule has 136 valence electrons. The van der Waals surface area contributed by atoms with E-state index in [9.17, 15) is 18.4 Å². The monoisotopic (exact) mass is 352 g/mol. The second-order valence-electron chi connectivity index (χ2n) is 7.38. The van der Waals surface area contributed by atoms with Gasteiger partial charge >= 0.3 is 6.55 Å². The van der Waals surface area contributed by atoms with Gasteiger partial charge in [0, 0.05) is 31.9 Å². The normalized spacial score (nSPS) is 26.9. The average Bonchev–Trinajstić information content (AvgIpc) is 2.89. The van der Waals surface area contributed by atoms with Crippen LogP contribution in [0.3, 0.4) is 0 Å². The van der Waals surface area contributed by atoms with Crippen molar-refractivity contribution in [3.63, 3.8) is 0 Å². The molecule has 6 nitrogen and oxygen atoms in total. The number of halogens is 2. The number of carbonyl (C=O) groups excluding carboxylic acids is 2. The quantitative estimate of drug-likeness (QED) is 0.834. The van der Waals surface area contributed by atoms with Crippen LogP contribution in [0.2, 0.25) is 0 Å². The van der Waals surface area contributed by atoms with Crippen molar-refractivity contribution < 1.29 is 18.4 Å². The summed E-state index contributed by atoms with van der Waals surface area (Å²) in [6.07, 6.45) is 6.39. The Balaban J connectivity index is 1.50. The zero-order chi connectivity index (χ0) is 17.6. The van der Waals surface area contributed by atoms with Gasteiger partial charge in [0.1, 0.15) is 0 Å². The third-order valence-electron chi connectivity index (χ3n) is 5.79. The fraction of sp³-hybridized carbons (Fsp3) is 0.706. The zero-order valence-electron chi connectivity index (χ0n) is 14.0. The van der Waals surface area contributed by atoms with Gasteiger partial charge < -0.3 is 9.80 Å². The van der Waals surface area contributed by atoms with E-state index in [4.69, 9.17) is 0 Å². The molecule has 2 bridgehead atoms. The molecule has 1 aliphatic carbocycles. The van der Waals surface area contributed by atoms with Crippen LogP contribution in [0.5, 0.6) is 0 Å². The lowest BCUT2D eigenvalue weighted by atomic mass is 9.83. The summed E-state index contributed by atoms with van der Waals surface area (Å²) in [7, 11) is 0. The number of piperidine rings is 1. The Morgan fingerprint density at radius 3 is 2.68 bits per heavy atom. The highest BCUT2D eigenvalue weighted by molar-refractivity contribution is 5.93. The zero-order valence-corrected chi connectivity index (χ0v) is 14.0. The maximum Gasteiger partial charge on any atom is 0.333 e. The summed E-state index contributed by atoms with van der Waals surface area (Å²) in [6.45, 7) is -1.14. The van der Waals surface area contributed by atoms with E-state index in [1.165, 1.54) is 25.3 Å². The molecule has 0 N–H and O–H groups in total. The van der Waals surface area contributed by atoms with Crippen molar-refractivity contribution in [3.05, 3.63) is 18.0 Å². The van der Waals surface area contributed by atoms with Crippen molar-refractivity contribution in [2.45, 2.75) is 44.7 Å². The number of rotatable bonds is 4. The lowest BCUT2D eigenvalue weighted by molar-refractivity contribution is -0.141. The van der Waals surface area contributed by atoms with E-state index >= 15 is 0 Å². The van der Waals surface area contributed by atoms with Crippen LogP contribution in [-0.2, 0) is 4.79 Å². The number of amides is 2. The Morgan fingerprint density at radius 2 is 2.04 bits per heavy atom. The predicted octanol–water partition coefficient (Wildman–Crippen LogP) is 2.14. The standard InChI is InChI=1S/C17H22F2N4O2/c18-17(19)23-7-6-14(20-23)16(25)21-9-12-4-5-13(10-21)22(15(12)24)8-11-2-1-3-11/h6-7,11-13,17H,1-5,8-10H2. The first-order chi connectivity index (χ1) is 12.0. The van der Waals surface area contributed by atoms with Gasteiger partial charge in [-0.1, -0.05) is 6.42 Å². The van der Waals surface area contributed by atoms with E-state index in [1.54, 1.807) is 4.90 Å². The van der Waals surface area contributed by atoms with Crippen molar-refractivity contribution in [3.8, 4) is 0 Å². The van der Waals surface area contributed by atoms with E-state index < -0.39 is 6.55 Å². The van der Waals surface area contributed by atoms with E-state index in [2.05, 4.69) is 5.10 Å². The summed E-state index contributed by atoms with van der Waals surface area (Å²) in [4.78, 5) is 29.0. The third kappa shape index (κ3) is 3.02. The topological polar surface area (TPSA) is 58.4 Å². The van der Waals surface area contributed by atoms with Gasteiger partial charge in [0.2, 0.25) is 5.91 Å². The minimum atomic E-state index is -2.76. The Morgan fingerprint density at radius 1 is 1.24 bits per heavy atom. The molecule has 0 aromatic carbocycles. The Hall–Kier alpha value is -1.99. The fourth-order valence-corrected chi connectivity index (χ4v) is 4.12. The molecule has 0 radical (unpaired) electrons. The van der Waals surface area contributed by atoms with E-state index in [0.717, 1.165) is 25.6 Å². The van der Waals surface area contributed by atoms with Gasteiger partial charge in [-0.15, -0.1) is 0 Å². The number of fused-ring (bicyclic) bond motifs is 4.